The number of aryl methyl sites for hydroxylation is 2. The van der Waals surface area contributed by atoms with Crippen LogP contribution in [0.4, 0.5) is 0 Å². The summed E-state index contributed by atoms with van der Waals surface area (Å²) in [7, 11) is 1.62. The zero-order valence-corrected chi connectivity index (χ0v) is 9.74. The number of hydrogen-bond donors (Lipinski definition) is 2. The molecule has 2 unspecified atom stereocenters. The molecule has 0 saturated heterocycles. The fraction of sp³-hybridized carbons (Fsp3) is 0.500. The molecule has 2 atom stereocenters. The van der Waals surface area contributed by atoms with Gasteiger partial charge in [-0.15, -0.1) is 0 Å². The Labute approximate surface area is 90.9 Å². The van der Waals surface area contributed by atoms with E-state index in [1.807, 2.05) is 26.0 Å². The molecule has 0 aromatic heterocycles. The van der Waals surface area contributed by atoms with Gasteiger partial charge in [-0.3, -0.25) is 0 Å². The van der Waals surface area contributed by atoms with Gasteiger partial charge in [0, 0.05) is 5.56 Å². The molecule has 0 aliphatic rings. The molecule has 0 saturated carbocycles. The van der Waals surface area contributed by atoms with Gasteiger partial charge in [0.25, 0.3) is 0 Å². The molecular weight excluding hydrogens is 190 g/mol. The summed E-state index contributed by atoms with van der Waals surface area (Å²) in [6.45, 7) is 5.66. The van der Waals surface area contributed by atoms with Gasteiger partial charge in [-0.05, 0) is 26.3 Å². The van der Waals surface area contributed by atoms with Gasteiger partial charge in [0.2, 0.25) is 0 Å². The van der Waals surface area contributed by atoms with Crippen LogP contribution in [0.2, 0.25) is 0 Å². The Morgan fingerprint density at radius 1 is 1.33 bits per heavy atom. The highest BCUT2D eigenvalue weighted by Gasteiger charge is 2.18. The minimum absolute atomic E-state index is 0.404. The summed E-state index contributed by atoms with van der Waals surface area (Å²) in [5.74, 6) is 0.772. The highest BCUT2D eigenvalue weighted by molar-refractivity contribution is 5.45. The van der Waals surface area contributed by atoms with E-state index in [1.54, 1.807) is 14.0 Å². The summed E-state index contributed by atoms with van der Waals surface area (Å²) in [6.07, 6.45) is -0.583. The maximum atomic E-state index is 9.50. The van der Waals surface area contributed by atoms with Gasteiger partial charge >= 0.3 is 0 Å². The van der Waals surface area contributed by atoms with Crippen molar-refractivity contribution in [2.75, 3.05) is 7.11 Å². The summed E-state index contributed by atoms with van der Waals surface area (Å²) in [5.41, 5.74) is 8.96. The normalized spacial score (nSPS) is 14.8. The first-order valence-electron chi connectivity index (χ1n) is 5.06. The highest BCUT2D eigenvalue weighted by Crippen LogP contribution is 2.30. The molecule has 1 aromatic rings. The number of rotatable bonds is 3. The van der Waals surface area contributed by atoms with Crippen LogP contribution in [0.1, 0.15) is 29.7 Å². The molecule has 1 aromatic carbocycles. The van der Waals surface area contributed by atoms with Crippen LogP contribution in [0, 0.1) is 13.8 Å². The van der Waals surface area contributed by atoms with Crippen LogP contribution in [0.3, 0.4) is 0 Å². The van der Waals surface area contributed by atoms with Crippen molar-refractivity contribution in [1.82, 2.24) is 0 Å². The Morgan fingerprint density at radius 2 is 1.93 bits per heavy atom. The number of nitrogens with two attached hydrogens (primary N) is 1. The molecule has 0 aliphatic heterocycles. The summed E-state index contributed by atoms with van der Waals surface area (Å²) in [6, 6.07) is 3.60. The van der Waals surface area contributed by atoms with Crippen LogP contribution in [0.25, 0.3) is 0 Å². The second-order valence-electron chi connectivity index (χ2n) is 3.97. The quantitative estimate of drug-likeness (QED) is 0.796. The molecule has 0 aliphatic carbocycles. The molecule has 0 heterocycles. The van der Waals surface area contributed by atoms with Crippen LogP contribution in [0.5, 0.6) is 5.75 Å². The molecule has 1 rings (SSSR count). The average Bonchev–Trinajstić information content (AvgIpc) is 2.15. The van der Waals surface area contributed by atoms with Crippen LogP contribution in [-0.2, 0) is 0 Å². The zero-order valence-electron chi connectivity index (χ0n) is 9.74. The van der Waals surface area contributed by atoms with Gasteiger partial charge in [0.05, 0.1) is 19.3 Å². The predicted molar refractivity (Wildman–Crippen MR) is 61.1 cm³/mol. The number of aliphatic hydroxyl groups excluding tert-OH is 1. The lowest BCUT2D eigenvalue weighted by molar-refractivity contribution is 0.162. The van der Waals surface area contributed by atoms with Crippen LogP contribution < -0.4 is 10.5 Å². The largest absolute Gasteiger partial charge is 0.496 e. The minimum atomic E-state index is -0.583. The number of benzene rings is 1. The third-order valence-electron chi connectivity index (χ3n) is 2.53. The Morgan fingerprint density at radius 3 is 2.40 bits per heavy atom. The van der Waals surface area contributed by atoms with Gasteiger partial charge in [-0.25, -0.2) is 0 Å². The van der Waals surface area contributed by atoms with E-state index in [1.165, 1.54) is 0 Å². The molecule has 0 bridgehead atoms. The van der Waals surface area contributed by atoms with Crippen molar-refractivity contribution < 1.29 is 9.84 Å². The van der Waals surface area contributed by atoms with E-state index in [0.717, 1.165) is 22.4 Å². The van der Waals surface area contributed by atoms with E-state index in [-0.39, 0.29) is 0 Å². The fourth-order valence-electron chi connectivity index (χ4n) is 1.77. The van der Waals surface area contributed by atoms with E-state index < -0.39 is 12.1 Å². The first-order chi connectivity index (χ1) is 6.97. The summed E-state index contributed by atoms with van der Waals surface area (Å²) in [5, 5.41) is 9.50. The first-order valence-corrected chi connectivity index (χ1v) is 5.06. The first kappa shape index (κ1) is 12.0. The SMILES string of the molecule is COc1c(C)cc(C)cc1C(N)C(C)O. The second kappa shape index (κ2) is 4.64. The van der Waals surface area contributed by atoms with Gasteiger partial charge < -0.3 is 15.6 Å². The van der Waals surface area contributed by atoms with E-state index in [4.69, 9.17) is 10.5 Å². The predicted octanol–water partition coefficient (Wildman–Crippen LogP) is 1.69. The molecule has 15 heavy (non-hydrogen) atoms. The smallest absolute Gasteiger partial charge is 0.126 e. The van der Waals surface area contributed by atoms with Crippen molar-refractivity contribution >= 4 is 0 Å². The zero-order chi connectivity index (χ0) is 11.6. The van der Waals surface area contributed by atoms with Gasteiger partial charge in [-0.2, -0.15) is 0 Å². The maximum Gasteiger partial charge on any atom is 0.126 e. The molecule has 3 N–H and O–H groups in total. The lowest BCUT2D eigenvalue weighted by Gasteiger charge is -2.20. The molecule has 84 valence electrons. The van der Waals surface area contributed by atoms with Gasteiger partial charge in [0.1, 0.15) is 5.75 Å². The van der Waals surface area contributed by atoms with Gasteiger partial charge in [0.15, 0.2) is 0 Å². The molecule has 3 heteroatoms. The summed E-state index contributed by atoms with van der Waals surface area (Å²) >= 11 is 0. The van der Waals surface area contributed by atoms with Crippen LogP contribution >= 0.6 is 0 Å². The highest BCUT2D eigenvalue weighted by atomic mass is 16.5. The Balaban J connectivity index is 3.26. The van der Waals surface area contributed by atoms with Crippen LogP contribution in [0.15, 0.2) is 12.1 Å². The van der Waals surface area contributed by atoms with E-state index >= 15 is 0 Å². The molecular formula is C12H19NO2. The van der Waals surface area contributed by atoms with Crippen molar-refractivity contribution in [2.24, 2.45) is 5.73 Å². The topological polar surface area (TPSA) is 55.5 Å². The van der Waals surface area contributed by atoms with E-state index in [9.17, 15) is 5.11 Å². The molecule has 3 nitrogen and oxygen atoms in total. The van der Waals surface area contributed by atoms with Crippen LogP contribution in [-0.4, -0.2) is 18.3 Å². The second-order valence-corrected chi connectivity index (χ2v) is 3.97. The number of methoxy groups -OCH3 is 1. The summed E-state index contributed by atoms with van der Waals surface area (Å²) in [4.78, 5) is 0. The van der Waals surface area contributed by atoms with Gasteiger partial charge in [-0.1, -0.05) is 17.7 Å². The van der Waals surface area contributed by atoms with E-state index in [2.05, 4.69) is 0 Å². The number of hydrogen-bond acceptors (Lipinski definition) is 3. The monoisotopic (exact) mass is 209 g/mol. The molecule has 0 radical (unpaired) electrons. The third-order valence-corrected chi connectivity index (χ3v) is 2.53. The minimum Gasteiger partial charge on any atom is -0.496 e. The maximum absolute atomic E-state index is 9.50. The number of aliphatic hydroxyl groups is 1. The average molecular weight is 209 g/mol. The van der Waals surface area contributed by atoms with Crippen molar-refractivity contribution in [3.8, 4) is 5.75 Å². The third kappa shape index (κ3) is 2.49. The van der Waals surface area contributed by atoms with Crippen molar-refractivity contribution in [3.05, 3.63) is 28.8 Å². The standard InChI is InChI=1S/C12H19NO2/c1-7-5-8(2)12(15-4)10(6-7)11(13)9(3)14/h5-6,9,11,14H,13H2,1-4H3. The number of ether oxygens (including phenoxy) is 1. The Kier molecular flexibility index (Phi) is 3.72. The fourth-order valence-corrected chi connectivity index (χ4v) is 1.77. The summed E-state index contributed by atoms with van der Waals surface area (Å²) < 4.78 is 5.31. The van der Waals surface area contributed by atoms with E-state index in [0.29, 0.717) is 0 Å². The van der Waals surface area contributed by atoms with Crippen molar-refractivity contribution in [2.45, 2.75) is 32.9 Å². The molecule has 0 amide bonds. The molecule has 0 spiro atoms. The lowest BCUT2D eigenvalue weighted by Crippen LogP contribution is -2.24. The Hall–Kier alpha value is -1.06. The lowest BCUT2D eigenvalue weighted by atomic mass is 9.97. The van der Waals surface area contributed by atoms with Crippen molar-refractivity contribution in [1.29, 1.82) is 0 Å². The van der Waals surface area contributed by atoms with Crippen molar-refractivity contribution in [3.63, 3.8) is 0 Å². The Bertz CT molecular complexity index is 348. The molecule has 0 fully saturated rings.